The van der Waals surface area contributed by atoms with Crippen molar-refractivity contribution in [2.24, 2.45) is 5.73 Å². The molecule has 82 valence electrons. The molecule has 0 spiro atoms. The van der Waals surface area contributed by atoms with E-state index >= 15 is 0 Å². The Bertz CT molecular complexity index is 362. The molecule has 1 saturated heterocycles. The van der Waals surface area contributed by atoms with Crippen molar-refractivity contribution in [2.75, 3.05) is 19.8 Å². The number of halogens is 2. The molecule has 1 fully saturated rings. The van der Waals surface area contributed by atoms with Crippen molar-refractivity contribution < 1.29 is 13.5 Å². The first kappa shape index (κ1) is 10.5. The standard InChI is InChI=1S/C11H13F2NO/c12-9-2-1-8(5-10(9)13)11(6-14)3-4-15-7-11/h1-2,5H,3-4,6-7,14H2. The highest BCUT2D eigenvalue weighted by atomic mass is 19.2. The van der Waals surface area contributed by atoms with Gasteiger partial charge in [0.25, 0.3) is 0 Å². The molecule has 0 aromatic heterocycles. The number of hydrogen-bond acceptors (Lipinski definition) is 2. The second-order valence-electron chi connectivity index (χ2n) is 3.92. The summed E-state index contributed by atoms with van der Waals surface area (Å²) in [5.74, 6) is -1.66. The monoisotopic (exact) mass is 213 g/mol. The zero-order valence-electron chi connectivity index (χ0n) is 8.30. The molecule has 1 heterocycles. The van der Waals surface area contributed by atoms with Crippen molar-refractivity contribution in [3.05, 3.63) is 35.4 Å². The van der Waals surface area contributed by atoms with Crippen molar-refractivity contribution in [2.45, 2.75) is 11.8 Å². The topological polar surface area (TPSA) is 35.2 Å². The predicted octanol–water partition coefficient (Wildman–Crippen LogP) is 1.58. The lowest BCUT2D eigenvalue weighted by Gasteiger charge is -2.25. The fourth-order valence-electron chi connectivity index (χ4n) is 1.94. The average Bonchev–Trinajstić information content (AvgIpc) is 2.72. The van der Waals surface area contributed by atoms with Gasteiger partial charge in [-0.3, -0.25) is 0 Å². The lowest BCUT2D eigenvalue weighted by Crippen LogP contribution is -2.35. The number of hydrogen-bond donors (Lipinski definition) is 1. The number of benzene rings is 1. The molecule has 2 N–H and O–H groups in total. The summed E-state index contributed by atoms with van der Waals surface area (Å²) in [5, 5.41) is 0. The first-order valence-corrected chi connectivity index (χ1v) is 4.91. The molecular formula is C11H13F2NO. The van der Waals surface area contributed by atoms with Gasteiger partial charge in [-0.05, 0) is 24.1 Å². The largest absolute Gasteiger partial charge is 0.380 e. The summed E-state index contributed by atoms with van der Waals surface area (Å²) < 4.78 is 31.1. The molecule has 0 bridgehead atoms. The highest BCUT2D eigenvalue weighted by Gasteiger charge is 2.35. The summed E-state index contributed by atoms with van der Waals surface area (Å²) in [6.07, 6.45) is 0.759. The minimum absolute atomic E-state index is 0.339. The summed E-state index contributed by atoms with van der Waals surface area (Å²) in [4.78, 5) is 0. The van der Waals surface area contributed by atoms with E-state index in [1.54, 1.807) is 6.07 Å². The molecular weight excluding hydrogens is 200 g/mol. The van der Waals surface area contributed by atoms with Crippen LogP contribution in [0.25, 0.3) is 0 Å². The molecule has 1 unspecified atom stereocenters. The van der Waals surface area contributed by atoms with Crippen LogP contribution in [0, 0.1) is 11.6 Å². The molecule has 1 aliphatic heterocycles. The summed E-state index contributed by atoms with van der Waals surface area (Å²) in [7, 11) is 0. The van der Waals surface area contributed by atoms with Crippen LogP contribution >= 0.6 is 0 Å². The second-order valence-corrected chi connectivity index (χ2v) is 3.92. The predicted molar refractivity (Wildman–Crippen MR) is 52.5 cm³/mol. The third-order valence-corrected chi connectivity index (χ3v) is 3.03. The highest BCUT2D eigenvalue weighted by molar-refractivity contribution is 5.28. The summed E-state index contributed by atoms with van der Waals surface area (Å²) in [5.41, 5.74) is 6.08. The van der Waals surface area contributed by atoms with Gasteiger partial charge < -0.3 is 10.5 Å². The maximum Gasteiger partial charge on any atom is 0.159 e. The Balaban J connectivity index is 2.38. The summed E-state index contributed by atoms with van der Waals surface area (Å²) >= 11 is 0. The van der Waals surface area contributed by atoms with Crippen LogP contribution in [-0.4, -0.2) is 19.8 Å². The van der Waals surface area contributed by atoms with E-state index in [0.717, 1.165) is 18.1 Å². The van der Waals surface area contributed by atoms with Crippen molar-refractivity contribution >= 4 is 0 Å². The van der Waals surface area contributed by atoms with Gasteiger partial charge in [-0.2, -0.15) is 0 Å². The van der Waals surface area contributed by atoms with Gasteiger partial charge in [0.2, 0.25) is 0 Å². The van der Waals surface area contributed by atoms with Crippen LogP contribution in [0.5, 0.6) is 0 Å². The Kier molecular flexibility index (Phi) is 2.71. The van der Waals surface area contributed by atoms with E-state index in [0.29, 0.717) is 19.8 Å². The Hall–Kier alpha value is -1.00. The van der Waals surface area contributed by atoms with Crippen LogP contribution in [-0.2, 0) is 10.2 Å². The van der Waals surface area contributed by atoms with Crippen molar-refractivity contribution in [1.29, 1.82) is 0 Å². The number of rotatable bonds is 2. The molecule has 0 aliphatic carbocycles. The minimum Gasteiger partial charge on any atom is -0.380 e. The molecule has 0 amide bonds. The lowest BCUT2D eigenvalue weighted by molar-refractivity contribution is 0.178. The fraction of sp³-hybridized carbons (Fsp3) is 0.455. The zero-order valence-corrected chi connectivity index (χ0v) is 8.30. The number of ether oxygens (including phenoxy) is 1. The van der Waals surface area contributed by atoms with E-state index in [9.17, 15) is 8.78 Å². The molecule has 0 radical (unpaired) electrons. The van der Waals surface area contributed by atoms with Gasteiger partial charge in [-0.25, -0.2) is 8.78 Å². The van der Waals surface area contributed by atoms with E-state index < -0.39 is 11.6 Å². The average molecular weight is 213 g/mol. The van der Waals surface area contributed by atoms with Gasteiger partial charge in [0.1, 0.15) is 0 Å². The highest BCUT2D eigenvalue weighted by Crippen LogP contribution is 2.32. The molecule has 1 aromatic carbocycles. The van der Waals surface area contributed by atoms with E-state index in [1.165, 1.54) is 6.07 Å². The van der Waals surface area contributed by atoms with E-state index in [1.807, 2.05) is 0 Å². The zero-order chi connectivity index (χ0) is 10.9. The Labute approximate surface area is 87.0 Å². The molecule has 1 atom stereocenters. The van der Waals surface area contributed by atoms with Crippen LogP contribution in [0.4, 0.5) is 8.78 Å². The Morgan fingerprint density at radius 3 is 2.67 bits per heavy atom. The van der Waals surface area contributed by atoms with Crippen LogP contribution in [0.2, 0.25) is 0 Å². The summed E-state index contributed by atoms with van der Waals surface area (Å²) in [6, 6.07) is 3.94. The lowest BCUT2D eigenvalue weighted by atomic mass is 9.80. The molecule has 1 aliphatic rings. The van der Waals surface area contributed by atoms with Gasteiger partial charge in [0.05, 0.1) is 6.61 Å². The van der Waals surface area contributed by atoms with Crippen molar-refractivity contribution in [3.63, 3.8) is 0 Å². The van der Waals surface area contributed by atoms with Crippen LogP contribution in [0.1, 0.15) is 12.0 Å². The molecule has 1 aromatic rings. The van der Waals surface area contributed by atoms with Gasteiger partial charge in [-0.1, -0.05) is 6.07 Å². The minimum atomic E-state index is -0.829. The molecule has 0 saturated carbocycles. The molecule has 15 heavy (non-hydrogen) atoms. The van der Waals surface area contributed by atoms with Crippen LogP contribution < -0.4 is 5.73 Å². The van der Waals surface area contributed by atoms with Crippen LogP contribution in [0.3, 0.4) is 0 Å². The van der Waals surface area contributed by atoms with E-state index in [2.05, 4.69) is 0 Å². The third-order valence-electron chi connectivity index (χ3n) is 3.03. The maximum atomic E-state index is 13.1. The normalized spacial score (nSPS) is 25.8. The Morgan fingerprint density at radius 1 is 1.33 bits per heavy atom. The molecule has 2 nitrogen and oxygen atoms in total. The van der Waals surface area contributed by atoms with E-state index in [4.69, 9.17) is 10.5 Å². The second kappa shape index (κ2) is 3.87. The fourth-order valence-corrected chi connectivity index (χ4v) is 1.94. The van der Waals surface area contributed by atoms with Gasteiger partial charge >= 0.3 is 0 Å². The smallest absolute Gasteiger partial charge is 0.159 e. The van der Waals surface area contributed by atoms with Crippen molar-refractivity contribution in [1.82, 2.24) is 0 Å². The van der Waals surface area contributed by atoms with Gasteiger partial charge in [0.15, 0.2) is 11.6 Å². The molecule has 4 heteroatoms. The first-order chi connectivity index (χ1) is 7.18. The van der Waals surface area contributed by atoms with E-state index in [-0.39, 0.29) is 5.41 Å². The maximum absolute atomic E-state index is 13.1. The quantitative estimate of drug-likeness (QED) is 0.809. The van der Waals surface area contributed by atoms with Crippen molar-refractivity contribution in [3.8, 4) is 0 Å². The van der Waals surface area contributed by atoms with Crippen LogP contribution in [0.15, 0.2) is 18.2 Å². The third kappa shape index (κ3) is 1.75. The Morgan fingerprint density at radius 2 is 2.13 bits per heavy atom. The van der Waals surface area contributed by atoms with Gasteiger partial charge in [-0.15, -0.1) is 0 Å². The van der Waals surface area contributed by atoms with Gasteiger partial charge in [0, 0.05) is 18.6 Å². The number of nitrogens with two attached hydrogens (primary N) is 1. The first-order valence-electron chi connectivity index (χ1n) is 4.91. The SMILES string of the molecule is NCC1(c2ccc(F)c(F)c2)CCOC1. The molecule has 2 rings (SSSR count). The summed E-state index contributed by atoms with van der Waals surface area (Å²) in [6.45, 7) is 1.49.